The van der Waals surface area contributed by atoms with Gasteiger partial charge in [-0.1, -0.05) is 66.7 Å². The molecule has 5 nitrogen and oxygen atoms in total. The number of carboxylic acids is 1. The zero-order valence-corrected chi connectivity index (χ0v) is 31.2. The fourth-order valence-corrected chi connectivity index (χ4v) is 14.7. The van der Waals surface area contributed by atoms with Gasteiger partial charge in [0.2, 0.25) is 0 Å². The van der Waals surface area contributed by atoms with E-state index in [4.69, 9.17) is 4.74 Å². The van der Waals surface area contributed by atoms with Crippen LogP contribution < -0.4 is 5.32 Å². The number of likely N-dealkylation sites (tertiary alicyclic amines) is 1. The summed E-state index contributed by atoms with van der Waals surface area (Å²) < 4.78 is 5.54. The Kier molecular flexibility index (Phi) is 7.77. The molecule has 5 heteroatoms. The molecule has 1 spiro atoms. The number of allylic oxidation sites excluding steroid dienone is 2. The van der Waals surface area contributed by atoms with Crippen molar-refractivity contribution < 1.29 is 14.6 Å². The van der Waals surface area contributed by atoms with Crippen LogP contribution in [0.25, 0.3) is 5.57 Å². The molecule has 9 atom stereocenters. The van der Waals surface area contributed by atoms with E-state index in [1.165, 1.54) is 82.1 Å². The van der Waals surface area contributed by atoms with Crippen LogP contribution in [0.2, 0.25) is 0 Å². The van der Waals surface area contributed by atoms with Crippen LogP contribution in [0.15, 0.2) is 30.3 Å². The lowest BCUT2D eigenvalue weighted by atomic mass is 9.33. The van der Waals surface area contributed by atoms with Crippen LogP contribution in [0.5, 0.6) is 0 Å². The van der Waals surface area contributed by atoms with Gasteiger partial charge in [-0.2, -0.15) is 0 Å². The summed E-state index contributed by atoms with van der Waals surface area (Å²) in [4.78, 5) is 14.2. The Labute approximate surface area is 291 Å². The van der Waals surface area contributed by atoms with E-state index in [9.17, 15) is 9.90 Å². The van der Waals surface area contributed by atoms with Gasteiger partial charge in [0.15, 0.2) is 0 Å². The number of nitrogens with one attached hydrogen (secondary N) is 1. The standard InChI is InChI=1S/C43H64N2O3/c1-28(2)31-14-19-43(44-22-23-45-24-42(25-45)26-48-27-42)21-20-40(6)33(36(31)43)12-13-35-39(5)17-15-32(29-8-10-30(11-9-29)37(46)47)38(3,4)34(39)16-18-41(35,40)7/h8-11,15,28,31,33-36,44H,12-14,16-27H2,1-7H3,(H,46,47)/t31-,33+,34?,35?,36?,39-,40+,41+,43-/m0/s1. The van der Waals surface area contributed by atoms with Crippen LogP contribution in [0.1, 0.15) is 122 Å². The minimum Gasteiger partial charge on any atom is -0.478 e. The third-order valence-corrected chi connectivity index (χ3v) is 17.2. The van der Waals surface area contributed by atoms with Gasteiger partial charge in [-0.25, -0.2) is 4.79 Å². The summed E-state index contributed by atoms with van der Waals surface area (Å²) in [6.45, 7) is 25.1. The van der Waals surface area contributed by atoms with Crippen molar-refractivity contribution in [3.63, 3.8) is 0 Å². The maximum atomic E-state index is 11.6. The molecule has 1 aromatic carbocycles. The number of ether oxygens (including phenoxy) is 1. The molecule has 0 amide bonds. The SMILES string of the molecule is CC(C)[C@@H]1CC[C@]2(NCCN3CC4(COC4)C3)CC[C@]3(C)[C@H](CCC4[C@@]5(C)CC=C(c6ccc(C(=O)O)cc6)C(C)(C)C5CC[C@]43C)C12. The number of carboxylic acid groups (broad SMARTS) is 1. The quantitative estimate of drug-likeness (QED) is 0.307. The topological polar surface area (TPSA) is 61.8 Å². The van der Waals surface area contributed by atoms with E-state index in [-0.39, 0.29) is 10.8 Å². The van der Waals surface area contributed by atoms with E-state index >= 15 is 0 Å². The monoisotopic (exact) mass is 656 g/mol. The molecule has 4 saturated carbocycles. The highest BCUT2D eigenvalue weighted by Gasteiger charge is 2.70. The summed E-state index contributed by atoms with van der Waals surface area (Å²) in [6, 6.07) is 7.69. The second-order valence-electron chi connectivity index (χ2n) is 19.9. The number of benzene rings is 1. The lowest BCUT2D eigenvalue weighted by Gasteiger charge is -2.72. The van der Waals surface area contributed by atoms with E-state index in [1.54, 1.807) is 12.1 Å². The summed E-state index contributed by atoms with van der Waals surface area (Å²) in [5, 5.41) is 13.9. The molecule has 5 aliphatic carbocycles. The second kappa shape index (κ2) is 11.2. The molecular formula is C43H64N2O3. The summed E-state index contributed by atoms with van der Waals surface area (Å²) in [5.41, 5.74) is 4.92. The molecule has 1 aromatic rings. The predicted octanol–water partition coefficient (Wildman–Crippen LogP) is 8.79. The van der Waals surface area contributed by atoms with Gasteiger partial charge in [0.05, 0.1) is 18.8 Å². The Morgan fingerprint density at radius 1 is 0.917 bits per heavy atom. The average Bonchev–Trinajstić information content (AvgIpc) is 3.38. The summed E-state index contributed by atoms with van der Waals surface area (Å²) in [5.74, 6) is 3.72. The van der Waals surface area contributed by atoms with Crippen LogP contribution in [-0.4, -0.2) is 60.9 Å². The second-order valence-corrected chi connectivity index (χ2v) is 19.9. The number of carbonyl (C=O) groups is 1. The highest BCUT2D eigenvalue weighted by atomic mass is 16.5. The smallest absolute Gasteiger partial charge is 0.335 e. The molecule has 0 aromatic heterocycles. The van der Waals surface area contributed by atoms with Crippen molar-refractivity contribution in [2.24, 2.45) is 62.6 Å². The molecule has 6 fully saturated rings. The van der Waals surface area contributed by atoms with Gasteiger partial charge in [0.1, 0.15) is 0 Å². The van der Waals surface area contributed by atoms with Crippen LogP contribution in [-0.2, 0) is 4.74 Å². The molecule has 3 unspecified atom stereocenters. The number of aromatic carboxylic acids is 1. The van der Waals surface area contributed by atoms with E-state index in [0.29, 0.717) is 33.3 Å². The zero-order valence-electron chi connectivity index (χ0n) is 31.2. The van der Waals surface area contributed by atoms with E-state index in [2.05, 4.69) is 76.9 Å². The van der Waals surface area contributed by atoms with Gasteiger partial charge in [0.25, 0.3) is 0 Å². The van der Waals surface area contributed by atoms with Crippen molar-refractivity contribution in [3.8, 4) is 0 Å². The zero-order chi connectivity index (χ0) is 33.9. The van der Waals surface area contributed by atoms with E-state index in [1.807, 2.05) is 0 Å². The molecule has 2 saturated heterocycles. The number of nitrogens with zero attached hydrogens (tertiary/aromatic N) is 1. The Bertz CT molecular complexity index is 1450. The average molecular weight is 657 g/mol. The van der Waals surface area contributed by atoms with Gasteiger partial charge >= 0.3 is 5.97 Å². The summed E-state index contributed by atoms with van der Waals surface area (Å²) in [6.07, 6.45) is 14.7. The first-order valence-electron chi connectivity index (χ1n) is 19.8. The Hall–Kier alpha value is -1.69. The third-order valence-electron chi connectivity index (χ3n) is 17.2. The molecule has 0 bridgehead atoms. The van der Waals surface area contributed by atoms with Crippen LogP contribution in [0, 0.1) is 62.6 Å². The Morgan fingerprint density at radius 3 is 2.29 bits per heavy atom. The van der Waals surface area contributed by atoms with E-state index in [0.717, 1.165) is 55.8 Å². The largest absolute Gasteiger partial charge is 0.478 e. The molecule has 2 N–H and O–H groups in total. The maximum absolute atomic E-state index is 11.6. The first-order valence-corrected chi connectivity index (χ1v) is 19.8. The fraction of sp³-hybridized carbons (Fsp3) is 0.791. The Balaban J connectivity index is 1.05. The number of rotatable bonds is 7. The lowest BCUT2D eigenvalue weighted by Crippen LogP contribution is -2.69. The highest BCUT2D eigenvalue weighted by Crippen LogP contribution is 2.76. The minimum atomic E-state index is -0.848. The van der Waals surface area contributed by atoms with Crippen LogP contribution >= 0.6 is 0 Å². The van der Waals surface area contributed by atoms with Crippen molar-refractivity contribution >= 4 is 11.5 Å². The molecule has 7 aliphatic rings. The third kappa shape index (κ3) is 4.61. The molecule has 0 radical (unpaired) electrons. The van der Waals surface area contributed by atoms with Crippen molar-refractivity contribution in [2.75, 3.05) is 39.4 Å². The summed E-state index contributed by atoms with van der Waals surface area (Å²) in [7, 11) is 0. The first-order chi connectivity index (χ1) is 22.7. The molecule has 8 rings (SSSR count). The van der Waals surface area contributed by atoms with Crippen molar-refractivity contribution in [1.82, 2.24) is 10.2 Å². The van der Waals surface area contributed by atoms with Gasteiger partial charge in [-0.15, -0.1) is 0 Å². The molecular weight excluding hydrogens is 592 g/mol. The number of fused-ring (bicyclic) bond motifs is 7. The summed E-state index contributed by atoms with van der Waals surface area (Å²) >= 11 is 0. The number of hydrogen-bond donors (Lipinski definition) is 2. The van der Waals surface area contributed by atoms with Crippen molar-refractivity contribution in [3.05, 3.63) is 41.5 Å². The van der Waals surface area contributed by atoms with Gasteiger partial charge in [-0.05, 0) is 138 Å². The fourth-order valence-electron chi connectivity index (χ4n) is 14.7. The van der Waals surface area contributed by atoms with E-state index < -0.39 is 5.97 Å². The van der Waals surface area contributed by atoms with Gasteiger partial charge in [-0.3, -0.25) is 0 Å². The minimum absolute atomic E-state index is 0.0540. The van der Waals surface area contributed by atoms with Gasteiger partial charge in [0, 0.05) is 37.1 Å². The predicted molar refractivity (Wildman–Crippen MR) is 194 cm³/mol. The van der Waals surface area contributed by atoms with Crippen molar-refractivity contribution in [2.45, 2.75) is 112 Å². The molecule has 2 heterocycles. The molecule has 264 valence electrons. The van der Waals surface area contributed by atoms with Crippen LogP contribution in [0.4, 0.5) is 0 Å². The molecule has 2 aliphatic heterocycles. The number of hydrogen-bond acceptors (Lipinski definition) is 4. The first kappa shape index (κ1) is 33.5. The van der Waals surface area contributed by atoms with Crippen LogP contribution in [0.3, 0.4) is 0 Å². The maximum Gasteiger partial charge on any atom is 0.335 e. The normalized spacial score (nSPS) is 44.1. The van der Waals surface area contributed by atoms with Crippen molar-refractivity contribution in [1.29, 1.82) is 0 Å². The lowest BCUT2D eigenvalue weighted by molar-refractivity contribution is -0.221. The van der Waals surface area contributed by atoms with Gasteiger partial charge < -0.3 is 20.1 Å². The molecule has 48 heavy (non-hydrogen) atoms. The highest BCUT2D eigenvalue weighted by molar-refractivity contribution is 5.88. The Morgan fingerprint density at radius 2 is 1.65 bits per heavy atom.